The minimum Gasteiger partial charge on any atom is -0.406 e. The molecule has 0 bridgehead atoms. The minimum absolute atomic E-state index is 0.0612. The van der Waals surface area contributed by atoms with E-state index in [4.69, 9.17) is 0 Å². The average Bonchev–Trinajstić information content (AvgIpc) is 3.11. The number of ketones is 1. The van der Waals surface area contributed by atoms with Crippen molar-refractivity contribution < 1.29 is 27.5 Å². The normalized spacial score (nSPS) is 21.6. The van der Waals surface area contributed by atoms with Crippen molar-refractivity contribution in [3.05, 3.63) is 59.7 Å². The van der Waals surface area contributed by atoms with Crippen molar-refractivity contribution in [3.63, 3.8) is 0 Å². The van der Waals surface area contributed by atoms with Crippen LogP contribution in [0, 0.1) is 5.92 Å². The van der Waals surface area contributed by atoms with Gasteiger partial charge in [0.2, 0.25) is 0 Å². The van der Waals surface area contributed by atoms with Crippen LogP contribution in [0.3, 0.4) is 0 Å². The summed E-state index contributed by atoms with van der Waals surface area (Å²) in [5.41, 5.74) is 1.33. The van der Waals surface area contributed by atoms with Gasteiger partial charge in [-0.3, -0.25) is 9.59 Å². The molecule has 27 heavy (non-hydrogen) atoms. The minimum atomic E-state index is -4.78. The highest BCUT2D eigenvalue weighted by Gasteiger charge is 2.45. The molecule has 0 saturated heterocycles. The lowest BCUT2D eigenvalue weighted by Crippen LogP contribution is -2.48. The summed E-state index contributed by atoms with van der Waals surface area (Å²) in [7, 11) is 0. The number of carbonyl (C=O) groups excluding carboxylic acids is 2. The number of alkyl halides is 3. The molecule has 2 aromatic rings. The zero-order chi connectivity index (χ0) is 19.2. The molecule has 4 nitrogen and oxygen atoms in total. The number of rotatable bonds is 2. The van der Waals surface area contributed by atoms with Crippen LogP contribution in [0.5, 0.6) is 5.75 Å². The van der Waals surface area contributed by atoms with Crippen molar-refractivity contribution in [2.24, 2.45) is 5.92 Å². The summed E-state index contributed by atoms with van der Waals surface area (Å²) in [6.45, 7) is 0. The quantitative estimate of drug-likeness (QED) is 0.771. The molecule has 0 radical (unpaired) electrons. The van der Waals surface area contributed by atoms with Crippen LogP contribution in [0.1, 0.15) is 40.0 Å². The van der Waals surface area contributed by atoms with Crippen molar-refractivity contribution in [2.75, 3.05) is 4.90 Å². The molecule has 1 aliphatic carbocycles. The molecule has 0 N–H and O–H groups in total. The van der Waals surface area contributed by atoms with Crippen LogP contribution in [0.4, 0.5) is 18.9 Å². The molecule has 2 aliphatic rings. The molecule has 2 unspecified atom stereocenters. The van der Waals surface area contributed by atoms with E-state index in [-0.39, 0.29) is 35.0 Å². The van der Waals surface area contributed by atoms with Crippen LogP contribution in [-0.4, -0.2) is 24.1 Å². The third kappa shape index (κ3) is 3.18. The van der Waals surface area contributed by atoms with E-state index in [1.807, 2.05) is 0 Å². The summed E-state index contributed by atoms with van der Waals surface area (Å²) in [4.78, 5) is 27.5. The predicted molar refractivity (Wildman–Crippen MR) is 91.8 cm³/mol. The van der Waals surface area contributed by atoms with Gasteiger partial charge >= 0.3 is 6.36 Å². The second-order valence-electron chi connectivity index (χ2n) is 6.73. The second-order valence-corrected chi connectivity index (χ2v) is 6.73. The zero-order valence-electron chi connectivity index (χ0n) is 14.2. The highest BCUT2D eigenvalue weighted by atomic mass is 19.4. The topological polar surface area (TPSA) is 46.6 Å². The maximum absolute atomic E-state index is 13.2. The van der Waals surface area contributed by atoms with Gasteiger partial charge in [-0.05, 0) is 49.2 Å². The van der Waals surface area contributed by atoms with Gasteiger partial charge < -0.3 is 9.64 Å². The van der Waals surface area contributed by atoms with E-state index in [1.165, 1.54) is 12.1 Å². The first-order chi connectivity index (χ1) is 12.8. The van der Waals surface area contributed by atoms with Crippen molar-refractivity contribution in [1.29, 1.82) is 0 Å². The maximum Gasteiger partial charge on any atom is 0.573 e. The molecule has 0 spiro atoms. The highest BCUT2D eigenvalue weighted by molar-refractivity contribution is 6.14. The summed E-state index contributed by atoms with van der Waals surface area (Å²) in [5.74, 6) is -0.875. The third-order valence-corrected chi connectivity index (χ3v) is 5.13. The number of ether oxygens (including phenoxy) is 1. The van der Waals surface area contributed by atoms with Crippen LogP contribution >= 0.6 is 0 Å². The molecule has 1 fully saturated rings. The monoisotopic (exact) mass is 375 g/mol. The number of para-hydroxylation sites is 1. The Morgan fingerprint density at radius 2 is 1.74 bits per heavy atom. The fourth-order valence-corrected chi connectivity index (χ4v) is 4.02. The van der Waals surface area contributed by atoms with Gasteiger partial charge in [-0.2, -0.15) is 0 Å². The van der Waals surface area contributed by atoms with Crippen LogP contribution < -0.4 is 9.64 Å². The van der Waals surface area contributed by atoms with Crippen molar-refractivity contribution in [3.8, 4) is 5.75 Å². The number of Topliss-reactive ketones (excluding diaryl/α,β-unsaturated/α-hetero) is 1. The van der Waals surface area contributed by atoms with Crippen LogP contribution in [-0.2, 0) is 0 Å². The van der Waals surface area contributed by atoms with Gasteiger partial charge in [0.05, 0.1) is 5.69 Å². The Balaban J connectivity index is 1.68. The predicted octanol–water partition coefficient (Wildman–Crippen LogP) is 4.60. The Morgan fingerprint density at radius 1 is 1.04 bits per heavy atom. The molecule has 1 saturated carbocycles. The first-order valence-electron chi connectivity index (χ1n) is 8.68. The number of benzene rings is 2. The van der Waals surface area contributed by atoms with Gasteiger partial charge in [0.1, 0.15) is 5.75 Å². The Bertz CT molecular complexity index is 892. The SMILES string of the molecule is O=C1c2ccccc2N(C(=O)c2ccc(OC(F)(F)F)cc2)C2CCCC12. The van der Waals surface area contributed by atoms with Gasteiger partial charge in [0, 0.05) is 23.1 Å². The number of hydrogen-bond acceptors (Lipinski definition) is 3. The van der Waals surface area contributed by atoms with Crippen LogP contribution in [0.15, 0.2) is 48.5 Å². The summed E-state index contributed by atoms with van der Waals surface area (Å²) >= 11 is 0. The van der Waals surface area contributed by atoms with E-state index in [0.29, 0.717) is 11.3 Å². The molecule has 2 atom stereocenters. The summed E-state index contributed by atoms with van der Waals surface area (Å²) in [6.07, 6.45) is -2.46. The smallest absolute Gasteiger partial charge is 0.406 e. The lowest BCUT2D eigenvalue weighted by atomic mass is 9.86. The van der Waals surface area contributed by atoms with Gasteiger partial charge in [-0.1, -0.05) is 18.6 Å². The fraction of sp³-hybridized carbons (Fsp3) is 0.300. The molecular formula is C20H16F3NO3. The number of anilines is 1. The van der Waals surface area contributed by atoms with Crippen molar-refractivity contribution in [2.45, 2.75) is 31.7 Å². The first-order valence-corrected chi connectivity index (χ1v) is 8.68. The second kappa shape index (κ2) is 6.40. The molecule has 1 heterocycles. The summed E-state index contributed by atoms with van der Waals surface area (Å²) < 4.78 is 40.8. The van der Waals surface area contributed by atoms with E-state index >= 15 is 0 Å². The van der Waals surface area contributed by atoms with Crippen molar-refractivity contribution in [1.82, 2.24) is 0 Å². The van der Waals surface area contributed by atoms with E-state index in [2.05, 4.69) is 4.74 Å². The van der Waals surface area contributed by atoms with E-state index in [0.717, 1.165) is 31.4 Å². The molecule has 1 aliphatic heterocycles. The Morgan fingerprint density at radius 3 is 2.44 bits per heavy atom. The molecule has 1 amide bonds. The van der Waals surface area contributed by atoms with Gasteiger partial charge in [-0.25, -0.2) is 0 Å². The molecule has 0 aromatic heterocycles. The van der Waals surface area contributed by atoms with Crippen LogP contribution in [0.2, 0.25) is 0 Å². The summed E-state index contributed by atoms with van der Waals surface area (Å²) in [6, 6.07) is 11.6. The van der Waals surface area contributed by atoms with Crippen molar-refractivity contribution >= 4 is 17.4 Å². The third-order valence-electron chi connectivity index (χ3n) is 5.13. The number of hydrogen-bond donors (Lipinski definition) is 0. The molecule has 2 aromatic carbocycles. The van der Waals surface area contributed by atoms with E-state index in [1.54, 1.807) is 29.2 Å². The van der Waals surface area contributed by atoms with Gasteiger partial charge in [0.25, 0.3) is 5.91 Å². The Labute approximate surface area is 153 Å². The molecular weight excluding hydrogens is 359 g/mol. The van der Waals surface area contributed by atoms with Crippen LogP contribution in [0.25, 0.3) is 0 Å². The number of halogens is 3. The van der Waals surface area contributed by atoms with E-state index in [9.17, 15) is 22.8 Å². The number of amides is 1. The first kappa shape index (κ1) is 17.6. The average molecular weight is 375 g/mol. The zero-order valence-corrected chi connectivity index (χ0v) is 14.2. The Kier molecular flexibility index (Phi) is 4.17. The maximum atomic E-state index is 13.2. The fourth-order valence-electron chi connectivity index (χ4n) is 4.02. The van der Waals surface area contributed by atoms with Gasteiger partial charge in [0.15, 0.2) is 5.78 Å². The number of nitrogens with zero attached hydrogens (tertiary/aromatic N) is 1. The number of carbonyl (C=O) groups is 2. The highest BCUT2D eigenvalue weighted by Crippen LogP contribution is 2.42. The standard InChI is InChI=1S/C20H16F3NO3/c21-20(22,23)27-13-10-8-12(9-11-13)19(26)24-16-6-2-1-4-14(16)18(25)15-5-3-7-17(15)24/h1-2,4,6,8-11,15,17H,3,5,7H2. The molecule has 140 valence electrons. The summed E-state index contributed by atoms with van der Waals surface area (Å²) in [5, 5.41) is 0. The lowest BCUT2D eigenvalue weighted by molar-refractivity contribution is -0.274. The number of fused-ring (bicyclic) bond motifs is 2. The van der Waals surface area contributed by atoms with E-state index < -0.39 is 6.36 Å². The van der Waals surface area contributed by atoms with Gasteiger partial charge in [-0.15, -0.1) is 13.2 Å². The molecule has 7 heteroatoms. The Hall–Kier alpha value is -2.83. The lowest BCUT2D eigenvalue weighted by Gasteiger charge is -2.38. The molecule has 4 rings (SSSR count). The largest absolute Gasteiger partial charge is 0.573 e.